The number of nitrogens with zero attached hydrogens (tertiary/aromatic N) is 2. The van der Waals surface area contributed by atoms with Crippen molar-refractivity contribution in [1.82, 2.24) is 9.55 Å². The Kier molecular flexibility index (Phi) is 5.00. The highest BCUT2D eigenvalue weighted by atomic mass is 15.1. The fourth-order valence-corrected chi connectivity index (χ4v) is 2.83. The van der Waals surface area contributed by atoms with Crippen LogP contribution in [0.25, 0.3) is 6.08 Å². The zero-order chi connectivity index (χ0) is 13.7. The lowest BCUT2D eigenvalue weighted by Gasteiger charge is -2.13. The van der Waals surface area contributed by atoms with E-state index < -0.39 is 0 Å². The van der Waals surface area contributed by atoms with Crippen molar-refractivity contribution in [1.29, 1.82) is 0 Å². The van der Waals surface area contributed by atoms with E-state index in [1.165, 1.54) is 42.5 Å². The standard InChI is InChI=1S/C17H26N2/c1-14(2)7-6-8-15(3)11-17-12-18-13-19(17)16-9-4-5-10-16/h7,11-13,16H,4-6,8-10H2,1-3H3. The Morgan fingerprint density at radius 1 is 1.32 bits per heavy atom. The first-order valence-corrected chi connectivity index (χ1v) is 7.49. The number of allylic oxidation sites excluding steroid dienone is 3. The van der Waals surface area contributed by atoms with Gasteiger partial charge in [0.05, 0.1) is 18.2 Å². The average molecular weight is 258 g/mol. The van der Waals surface area contributed by atoms with Crippen LogP contribution >= 0.6 is 0 Å². The van der Waals surface area contributed by atoms with Crippen LogP contribution in [0, 0.1) is 0 Å². The summed E-state index contributed by atoms with van der Waals surface area (Å²) in [6.07, 6.45) is 16.3. The lowest BCUT2D eigenvalue weighted by molar-refractivity contribution is 0.515. The molecule has 1 aromatic heterocycles. The van der Waals surface area contributed by atoms with Gasteiger partial charge in [-0.25, -0.2) is 4.98 Å². The van der Waals surface area contributed by atoms with E-state index >= 15 is 0 Å². The maximum atomic E-state index is 4.33. The Labute approximate surface area is 117 Å². The first-order valence-electron chi connectivity index (χ1n) is 7.49. The second kappa shape index (κ2) is 6.74. The van der Waals surface area contributed by atoms with Gasteiger partial charge in [-0.1, -0.05) is 30.1 Å². The monoisotopic (exact) mass is 258 g/mol. The van der Waals surface area contributed by atoms with Crippen LogP contribution in [0.2, 0.25) is 0 Å². The third-order valence-electron chi connectivity index (χ3n) is 3.90. The van der Waals surface area contributed by atoms with Gasteiger partial charge in [-0.3, -0.25) is 0 Å². The van der Waals surface area contributed by atoms with Gasteiger partial charge in [-0.2, -0.15) is 0 Å². The minimum atomic E-state index is 0.680. The number of hydrogen-bond donors (Lipinski definition) is 0. The van der Waals surface area contributed by atoms with Gasteiger partial charge in [0, 0.05) is 6.04 Å². The van der Waals surface area contributed by atoms with E-state index in [9.17, 15) is 0 Å². The Hall–Kier alpha value is -1.31. The molecule has 0 spiro atoms. The van der Waals surface area contributed by atoms with E-state index in [-0.39, 0.29) is 0 Å². The van der Waals surface area contributed by atoms with E-state index in [0.717, 1.165) is 12.8 Å². The quantitative estimate of drug-likeness (QED) is 0.668. The summed E-state index contributed by atoms with van der Waals surface area (Å²) >= 11 is 0. The molecule has 0 radical (unpaired) electrons. The molecule has 0 bridgehead atoms. The first-order chi connectivity index (χ1) is 9.16. The normalized spacial score (nSPS) is 16.9. The molecular weight excluding hydrogens is 232 g/mol. The molecular formula is C17H26N2. The molecule has 1 heterocycles. The van der Waals surface area contributed by atoms with E-state index in [1.54, 1.807) is 0 Å². The van der Waals surface area contributed by atoms with Crippen molar-refractivity contribution >= 4 is 6.08 Å². The summed E-state index contributed by atoms with van der Waals surface area (Å²) in [6, 6.07) is 0.680. The van der Waals surface area contributed by atoms with E-state index in [1.807, 2.05) is 12.5 Å². The highest BCUT2D eigenvalue weighted by Gasteiger charge is 2.18. The van der Waals surface area contributed by atoms with Gasteiger partial charge in [0.25, 0.3) is 0 Å². The fraction of sp³-hybridized carbons (Fsp3) is 0.588. The Bertz CT molecular complexity index is 455. The molecule has 1 saturated carbocycles. The molecule has 0 aromatic carbocycles. The van der Waals surface area contributed by atoms with Gasteiger partial charge in [-0.15, -0.1) is 0 Å². The minimum Gasteiger partial charge on any atom is -0.328 e. The van der Waals surface area contributed by atoms with E-state index in [4.69, 9.17) is 0 Å². The third-order valence-corrected chi connectivity index (χ3v) is 3.90. The number of aromatic nitrogens is 2. The van der Waals surface area contributed by atoms with Crippen molar-refractivity contribution in [2.45, 2.75) is 65.3 Å². The lowest BCUT2D eigenvalue weighted by Crippen LogP contribution is -2.04. The average Bonchev–Trinajstić information content (AvgIpc) is 2.97. The Morgan fingerprint density at radius 2 is 2.05 bits per heavy atom. The molecule has 1 aliphatic rings. The number of hydrogen-bond acceptors (Lipinski definition) is 1. The summed E-state index contributed by atoms with van der Waals surface area (Å²) < 4.78 is 2.37. The molecule has 104 valence electrons. The van der Waals surface area contributed by atoms with Gasteiger partial charge in [0.1, 0.15) is 0 Å². The molecule has 2 heteroatoms. The topological polar surface area (TPSA) is 17.8 Å². The highest BCUT2D eigenvalue weighted by Crippen LogP contribution is 2.30. The molecule has 19 heavy (non-hydrogen) atoms. The molecule has 0 saturated heterocycles. The second-order valence-electron chi connectivity index (χ2n) is 5.97. The van der Waals surface area contributed by atoms with Crippen LogP contribution < -0.4 is 0 Å². The number of rotatable bonds is 5. The molecule has 0 unspecified atom stereocenters. The molecule has 1 fully saturated rings. The van der Waals surface area contributed by atoms with Crippen LogP contribution in [-0.4, -0.2) is 9.55 Å². The Morgan fingerprint density at radius 3 is 2.74 bits per heavy atom. The lowest BCUT2D eigenvalue weighted by atomic mass is 10.1. The van der Waals surface area contributed by atoms with Crippen molar-refractivity contribution in [3.63, 3.8) is 0 Å². The molecule has 2 rings (SSSR count). The van der Waals surface area contributed by atoms with Crippen LogP contribution in [-0.2, 0) is 0 Å². The number of imidazole rings is 1. The van der Waals surface area contributed by atoms with Crippen LogP contribution in [0.5, 0.6) is 0 Å². The van der Waals surface area contributed by atoms with Crippen LogP contribution in [0.3, 0.4) is 0 Å². The predicted molar refractivity (Wildman–Crippen MR) is 82.0 cm³/mol. The summed E-state index contributed by atoms with van der Waals surface area (Å²) in [4.78, 5) is 4.33. The van der Waals surface area contributed by atoms with Gasteiger partial charge >= 0.3 is 0 Å². The second-order valence-corrected chi connectivity index (χ2v) is 5.97. The molecule has 1 aromatic rings. The van der Waals surface area contributed by atoms with Crippen LogP contribution in [0.15, 0.2) is 29.7 Å². The molecule has 0 atom stereocenters. The summed E-state index contributed by atoms with van der Waals surface area (Å²) in [5.74, 6) is 0. The molecule has 2 nitrogen and oxygen atoms in total. The van der Waals surface area contributed by atoms with Crippen molar-refractivity contribution in [2.24, 2.45) is 0 Å². The van der Waals surface area contributed by atoms with Crippen LogP contribution in [0.1, 0.15) is 71.0 Å². The minimum absolute atomic E-state index is 0.680. The van der Waals surface area contributed by atoms with Crippen molar-refractivity contribution in [3.8, 4) is 0 Å². The molecule has 0 aliphatic heterocycles. The van der Waals surface area contributed by atoms with E-state index in [0.29, 0.717) is 6.04 Å². The van der Waals surface area contributed by atoms with Gasteiger partial charge in [0.2, 0.25) is 0 Å². The maximum absolute atomic E-state index is 4.33. The molecule has 1 aliphatic carbocycles. The highest BCUT2D eigenvalue weighted by molar-refractivity contribution is 5.48. The first kappa shape index (κ1) is 14.1. The SMILES string of the molecule is CC(C)=CCCC(C)=Cc1cncn1C1CCCC1. The van der Waals surface area contributed by atoms with Crippen molar-refractivity contribution in [3.05, 3.63) is 35.4 Å². The molecule has 0 amide bonds. The molecule has 0 N–H and O–H groups in total. The van der Waals surface area contributed by atoms with Gasteiger partial charge in [-0.05, 0) is 52.5 Å². The van der Waals surface area contributed by atoms with Gasteiger partial charge < -0.3 is 4.57 Å². The zero-order valence-electron chi connectivity index (χ0n) is 12.5. The predicted octanol–water partition coefficient (Wildman–Crippen LogP) is 5.15. The summed E-state index contributed by atoms with van der Waals surface area (Å²) in [5.41, 5.74) is 4.13. The fourth-order valence-electron chi connectivity index (χ4n) is 2.83. The Balaban J connectivity index is 2.01. The van der Waals surface area contributed by atoms with E-state index in [2.05, 4.69) is 42.5 Å². The van der Waals surface area contributed by atoms with Gasteiger partial charge in [0.15, 0.2) is 0 Å². The zero-order valence-corrected chi connectivity index (χ0v) is 12.5. The van der Waals surface area contributed by atoms with Crippen molar-refractivity contribution in [2.75, 3.05) is 0 Å². The maximum Gasteiger partial charge on any atom is 0.0953 e. The van der Waals surface area contributed by atoms with Crippen LogP contribution in [0.4, 0.5) is 0 Å². The summed E-state index contributed by atoms with van der Waals surface area (Å²) in [7, 11) is 0. The summed E-state index contributed by atoms with van der Waals surface area (Å²) in [5, 5.41) is 0. The van der Waals surface area contributed by atoms with Crippen molar-refractivity contribution < 1.29 is 0 Å². The smallest absolute Gasteiger partial charge is 0.0953 e. The third kappa shape index (κ3) is 4.09. The largest absolute Gasteiger partial charge is 0.328 e. The summed E-state index contributed by atoms with van der Waals surface area (Å²) in [6.45, 7) is 6.55.